The van der Waals surface area contributed by atoms with Crippen molar-refractivity contribution in [1.29, 1.82) is 0 Å². The van der Waals surface area contributed by atoms with Crippen LogP contribution in [0.1, 0.15) is 6.42 Å². The second kappa shape index (κ2) is 4.56. The van der Waals surface area contributed by atoms with Crippen LogP contribution < -0.4 is 5.56 Å². The number of rotatable bonds is 4. The minimum atomic E-state index is -3.59. The van der Waals surface area contributed by atoms with Crippen molar-refractivity contribution in [3.8, 4) is 0 Å². The fourth-order valence-corrected chi connectivity index (χ4v) is 2.47. The van der Waals surface area contributed by atoms with Crippen LogP contribution >= 0.6 is 11.6 Å². The summed E-state index contributed by atoms with van der Waals surface area (Å²) >= 11 is 5.36. The van der Waals surface area contributed by atoms with Crippen molar-refractivity contribution in [3.63, 3.8) is 0 Å². The van der Waals surface area contributed by atoms with Gasteiger partial charge in [0, 0.05) is 18.3 Å². The van der Waals surface area contributed by atoms with Crippen LogP contribution in [-0.4, -0.2) is 30.0 Å². The highest BCUT2D eigenvalue weighted by Gasteiger charge is 2.18. The average Bonchev–Trinajstić information content (AvgIpc) is 2.15. The number of H-pyrrole nitrogens is 1. The topological polar surface area (TPSA) is 79.9 Å². The third-order valence-corrected chi connectivity index (χ3v) is 3.49. The fourth-order valence-electron chi connectivity index (χ4n) is 0.901. The Morgan fingerprint density at radius 2 is 2.21 bits per heavy atom. The first-order valence-corrected chi connectivity index (χ1v) is 6.09. The molecule has 0 aliphatic rings. The standard InChI is InChI=1S/C7H9ClN2O3S/c8-2-1-5-14(12,13)7-6(11)9-3-4-10-7/h3-4H,1-2,5H2,(H,9,11). The molecule has 0 aliphatic heterocycles. The molecule has 0 aromatic carbocycles. The number of halogens is 1. The van der Waals surface area contributed by atoms with Gasteiger partial charge in [0.2, 0.25) is 14.9 Å². The number of hydrogen-bond acceptors (Lipinski definition) is 4. The van der Waals surface area contributed by atoms with Gasteiger partial charge in [0.05, 0.1) is 5.75 Å². The van der Waals surface area contributed by atoms with Gasteiger partial charge in [-0.2, -0.15) is 0 Å². The second-order valence-corrected chi connectivity index (χ2v) is 4.99. The molecule has 0 atom stereocenters. The Morgan fingerprint density at radius 1 is 1.50 bits per heavy atom. The van der Waals surface area contributed by atoms with Crippen molar-refractivity contribution < 1.29 is 8.42 Å². The van der Waals surface area contributed by atoms with Gasteiger partial charge in [0.25, 0.3) is 5.56 Å². The third-order valence-electron chi connectivity index (χ3n) is 1.52. The maximum atomic E-state index is 11.5. The van der Waals surface area contributed by atoms with Gasteiger partial charge in [-0.05, 0) is 6.42 Å². The Balaban J connectivity index is 3.05. The van der Waals surface area contributed by atoms with E-state index in [1.807, 2.05) is 0 Å². The minimum Gasteiger partial charge on any atom is -0.325 e. The summed E-state index contributed by atoms with van der Waals surface area (Å²) in [4.78, 5) is 16.9. The lowest BCUT2D eigenvalue weighted by Crippen LogP contribution is -2.21. The highest BCUT2D eigenvalue weighted by Crippen LogP contribution is 2.03. The Kier molecular flexibility index (Phi) is 3.65. The summed E-state index contributed by atoms with van der Waals surface area (Å²) in [5.74, 6) is 0.0839. The first-order valence-electron chi connectivity index (χ1n) is 3.90. The van der Waals surface area contributed by atoms with Gasteiger partial charge in [0.1, 0.15) is 0 Å². The maximum Gasteiger partial charge on any atom is 0.285 e. The van der Waals surface area contributed by atoms with Gasteiger partial charge < -0.3 is 4.98 Å². The van der Waals surface area contributed by atoms with Crippen molar-refractivity contribution in [1.82, 2.24) is 9.97 Å². The maximum absolute atomic E-state index is 11.5. The van der Waals surface area contributed by atoms with E-state index in [0.717, 1.165) is 0 Å². The van der Waals surface area contributed by atoms with Gasteiger partial charge >= 0.3 is 0 Å². The van der Waals surface area contributed by atoms with Gasteiger partial charge in [0.15, 0.2) is 0 Å². The molecule has 0 saturated carbocycles. The van der Waals surface area contributed by atoms with E-state index in [2.05, 4.69) is 9.97 Å². The predicted octanol–water partition coefficient (Wildman–Crippen LogP) is 0.173. The van der Waals surface area contributed by atoms with Crippen LogP contribution in [0.15, 0.2) is 22.2 Å². The van der Waals surface area contributed by atoms with E-state index in [1.165, 1.54) is 12.4 Å². The van der Waals surface area contributed by atoms with E-state index in [9.17, 15) is 13.2 Å². The molecular weight excluding hydrogens is 228 g/mol. The zero-order valence-electron chi connectivity index (χ0n) is 7.23. The number of aromatic amines is 1. The lowest BCUT2D eigenvalue weighted by molar-refractivity contribution is 0.589. The molecule has 1 aromatic rings. The molecule has 0 radical (unpaired) electrons. The SMILES string of the molecule is O=c1[nH]ccnc1S(=O)(=O)CCCCl. The van der Waals surface area contributed by atoms with Gasteiger partial charge in [-0.1, -0.05) is 0 Å². The highest BCUT2D eigenvalue weighted by atomic mass is 35.5. The van der Waals surface area contributed by atoms with E-state index >= 15 is 0 Å². The van der Waals surface area contributed by atoms with Crippen LogP contribution in [0.4, 0.5) is 0 Å². The Hall–Kier alpha value is -0.880. The highest BCUT2D eigenvalue weighted by molar-refractivity contribution is 7.91. The average molecular weight is 237 g/mol. The van der Waals surface area contributed by atoms with Crippen LogP contribution in [-0.2, 0) is 9.84 Å². The summed E-state index contributed by atoms with van der Waals surface area (Å²) in [5.41, 5.74) is -0.693. The predicted molar refractivity (Wildman–Crippen MR) is 52.2 cm³/mol. The van der Waals surface area contributed by atoms with E-state index in [-0.39, 0.29) is 11.6 Å². The van der Waals surface area contributed by atoms with E-state index in [1.54, 1.807) is 0 Å². The molecule has 1 heterocycles. The fraction of sp³-hybridized carbons (Fsp3) is 0.429. The smallest absolute Gasteiger partial charge is 0.285 e. The van der Waals surface area contributed by atoms with Crippen LogP contribution in [0.25, 0.3) is 0 Å². The van der Waals surface area contributed by atoms with Crippen LogP contribution in [0.3, 0.4) is 0 Å². The number of nitrogens with one attached hydrogen (secondary N) is 1. The minimum absolute atomic E-state index is 0.156. The molecule has 1 aromatic heterocycles. The molecule has 0 saturated heterocycles. The zero-order valence-corrected chi connectivity index (χ0v) is 8.81. The lowest BCUT2D eigenvalue weighted by atomic mass is 10.6. The number of sulfone groups is 1. The number of aromatic nitrogens is 2. The van der Waals surface area contributed by atoms with Crippen LogP contribution in [0.5, 0.6) is 0 Å². The van der Waals surface area contributed by atoms with E-state index in [4.69, 9.17) is 11.6 Å². The summed E-state index contributed by atoms with van der Waals surface area (Å²) in [6.45, 7) is 0. The molecule has 1 rings (SSSR count). The molecule has 0 spiro atoms. The van der Waals surface area contributed by atoms with Crippen LogP contribution in [0, 0.1) is 0 Å². The molecular formula is C7H9ClN2O3S. The molecule has 0 amide bonds. The van der Waals surface area contributed by atoms with Gasteiger partial charge in [-0.3, -0.25) is 4.79 Å². The molecule has 1 N–H and O–H groups in total. The number of nitrogens with zero attached hydrogens (tertiary/aromatic N) is 1. The summed E-state index contributed by atoms with van der Waals surface area (Å²) in [6.07, 6.45) is 2.82. The number of alkyl halides is 1. The summed E-state index contributed by atoms with van der Waals surface area (Å²) in [6, 6.07) is 0. The van der Waals surface area contributed by atoms with Crippen molar-refractivity contribution in [2.24, 2.45) is 0 Å². The quantitative estimate of drug-likeness (QED) is 0.756. The number of hydrogen-bond donors (Lipinski definition) is 1. The summed E-state index contributed by atoms with van der Waals surface area (Å²) in [7, 11) is -3.59. The van der Waals surface area contributed by atoms with Crippen molar-refractivity contribution in [2.45, 2.75) is 11.4 Å². The third kappa shape index (κ3) is 2.55. The largest absolute Gasteiger partial charge is 0.325 e. The Morgan fingerprint density at radius 3 is 2.79 bits per heavy atom. The Bertz CT molecular complexity index is 454. The molecule has 0 fully saturated rings. The first kappa shape index (κ1) is 11.2. The van der Waals surface area contributed by atoms with Crippen molar-refractivity contribution in [2.75, 3.05) is 11.6 Å². The van der Waals surface area contributed by atoms with Crippen molar-refractivity contribution >= 4 is 21.4 Å². The second-order valence-electron chi connectivity index (χ2n) is 2.58. The molecule has 0 bridgehead atoms. The van der Waals surface area contributed by atoms with Gasteiger partial charge in [-0.25, -0.2) is 13.4 Å². The first-order chi connectivity index (χ1) is 6.58. The lowest BCUT2D eigenvalue weighted by Gasteiger charge is -1.99. The zero-order chi connectivity index (χ0) is 10.6. The molecule has 0 aliphatic carbocycles. The summed E-state index contributed by atoms with van der Waals surface area (Å²) < 4.78 is 22.9. The summed E-state index contributed by atoms with van der Waals surface area (Å²) in [5, 5.41) is -0.440. The molecule has 0 unspecified atom stereocenters. The molecule has 14 heavy (non-hydrogen) atoms. The molecule has 7 heteroatoms. The molecule has 5 nitrogen and oxygen atoms in total. The normalized spacial score (nSPS) is 11.5. The van der Waals surface area contributed by atoms with Crippen LogP contribution in [0.2, 0.25) is 0 Å². The molecule has 78 valence electrons. The monoisotopic (exact) mass is 236 g/mol. The Labute approximate surface area is 86.1 Å². The van der Waals surface area contributed by atoms with Gasteiger partial charge in [-0.15, -0.1) is 11.6 Å². The van der Waals surface area contributed by atoms with E-state index in [0.29, 0.717) is 6.42 Å². The van der Waals surface area contributed by atoms with E-state index < -0.39 is 20.4 Å². The van der Waals surface area contributed by atoms with Crippen molar-refractivity contribution in [3.05, 3.63) is 22.7 Å².